The maximum Gasteiger partial charge on any atom is 0.145 e. The number of halogens is 1. The Labute approximate surface area is 116 Å². The van der Waals surface area contributed by atoms with Crippen LogP contribution in [0.3, 0.4) is 0 Å². The molecular formula is C12H19IN4. The Morgan fingerprint density at radius 1 is 1.53 bits per heavy atom. The van der Waals surface area contributed by atoms with Crippen LogP contribution in [-0.2, 0) is 0 Å². The number of likely N-dealkylation sites (N-methyl/N-ethyl adjacent to an activating group) is 1. The summed E-state index contributed by atoms with van der Waals surface area (Å²) < 4.78 is 1.13. The summed E-state index contributed by atoms with van der Waals surface area (Å²) in [6.07, 6.45) is 7.44. The Bertz CT molecular complexity index is 352. The summed E-state index contributed by atoms with van der Waals surface area (Å²) >= 11 is 2.31. The van der Waals surface area contributed by atoms with Crippen molar-refractivity contribution in [1.29, 1.82) is 0 Å². The van der Waals surface area contributed by atoms with E-state index in [0.717, 1.165) is 29.0 Å². The molecular weight excluding hydrogens is 327 g/mol. The molecule has 1 unspecified atom stereocenters. The molecule has 0 bridgehead atoms. The summed E-state index contributed by atoms with van der Waals surface area (Å²) in [5, 5.41) is 3.59. The number of rotatable bonds is 4. The smallest absolute Gasteiger partial charge is 0.145 e. The third-order valence-electron chi connectivity index (χ3n) is 3.18. The largest absolute Gasteiger partial charge is 0.354 e. The van der Waals surface area contributed by atoms with Crippen molar-refractivity contribution < 1.29 is 0 Å². The Balaban J connectivity index is 2.03. The average molecular weight is 346 g/mol. The monoisotopic (exact) mass is 346 g/mol. The molecule has 0 radical (unpaired) electrons. The molecule has 1 aliphatic heterocycles. The van der Waals surface area contributed by atoms with Crippen molar-refractivity contribution in [3.8, 4) is 0 Å². The highest BCUT2D eigenvalue weighted by atomic mass is 127. The van der Waals surface area contributed by atoms with Gasteiger partial charge >= 0.3 is 0 Å². The van der Waals surface area contributed by atoms with Crippen LogP contribution in [0.4, 0.5) is 5.82 Å². The van der Waals surface area contributed by atoms with Crippen molar-refractivity contribution >= 4 is 28.4 Å². The van der Waals surface area contributed by atoms with E-state index in [-0.39, 0.29) is 0 Å². The second-order valence-electron chi connectivity index (χ2n) is 4.38. The van der Waals surface area contributed by atoms with E-state index in [1.165, 1.54) is 19.3 Å². The summed E-state index contributed by atoms with van der Waals surface area (Å²) in [5.74, 6) is 1.07. The Morgan fingerprint density at radius 2 is 2.41 bits per heavy atom. The zero-order valence-electron chi connectivity index (χ0n) is 10.2. The zero-order chi connectivity index (χ0) is 12.1. The average Bonchev–Trinajstić information content (AvgIpc) is 2.38. The first-order valence-electron chi connectivity index (χ1n) is 6.25. The fourth-order valence-electron chi connectivity index (χ4n) is 2.25. The molecule has 17 heavy (non-hydrogen) atoms. The fraction of sp³-hybridized carbons (Fsp3) is 0.667. The van der Waals surface area contributed by atoms with Crippen molar-refractivity contribution in [3.05, 3.63) is 16.1 Å². The molecule has 0 aromatic carbocycles. The van der Waals surface area contributed by atoms with Crippen molar-refractivity contribution in [2.45, 2.75) is 32.2 Å². The van der Waals surface area contributed by atoms with Crippen molar-refractivity contribution in [1.82, 2.24) is 15.3 Å². The fourth-order valence-corrected chi connectivity index (χ4v) is 2.89. The van der Waals surface area contributed by atoms with Crippen molar-refractivity contribution in [2.24, 2.45) is 0 Å². The minimum atomic E-state index is 0.606. The van der Waals surface area contributed by atoms with Crippen LogP contribution in [0.25, 0.3) is 0 Å². The lowest BCUT2D eigenvalue weighted by Gasteiger charge is -2.30. The molecule has 0 aliphatic carbocycles. The van der Waals surface area contributed by atoms with Crippen LogP contribution < -0.4 is 10.2 Å². The van der Waals surface area contributed by atoms with Gasteiger partial charge in [-0.25, -0.2) is 9.97 Å². The first-order chi connectivity index (χ1) is 8.31. The predicted octanol–water partition coefficient (Wildman–Crippen LogP) is 2.05. The zero-order valence-corrected chi connectivity index (χ0v) is 12.4. The lowest BCUT2D eigenvalue weighted by atomic mass is 10.0. The second kappa shape index (κ2) is 6.49. The van der Waals surface area contributed by atoms with Gasteiger partial charge in [0.1, 0.15) is 12.1 Å². The third kappa shape index (κ3) is 3.51. The number of hydrogen-bond donors (Lipinski definition) is 1. The molecule has 5 heteroatoms. The van der Waals surface area contributed by atoms with E-state index in [1.54, 1.807) is 6.33 Å². The highest BCUT2D eigenvalue weighted by Gasteiger charge is 2.18. The maximum atomic E-state index is 4.39. The summed E-state index contributed by atoms with van der Waals surface area (Å²) in [7, 11) is 0. The second-order valence-corrected chi connectivity index (χ2v) is 5.54. The van der Waals surface area contributed by atoms with Crippen LogP contribution in [0, 0.1) is 3.57 Å². The highest BCUT2D eigenvalue weighted by Crippen LogP contribution is 2.19. The van der Waals surface area contributed by atoms with Gasteiger partial charge in [-0.1, -0.05) is 6.42 Å². The van der Waals surface area contributed by atoms with Gasteiger partial charge in [-0.2, -0.15) is 0 Å². The van der Waals surface area contributed by atoms with E-state index in [0.29, 0.717) is 6.04 Å². The van der Waals surface area contributed by atoms with Crippen LogP contribution in [0.1, 0.15) is 26.2 Å². The molecule has 0 saturated carbocycles. The molecule has 1 saturated heterocycles. The van der Waals surface area contributed by atoms with E-state index in [2.05, 4.69) is 49.7 Å². The van der Waals surface area contributed by atoms with Crippen LogP contribution in [0.15, 0.2) is 12.5 Å². The standard InChI is InChI=1S/C12H19IN4/c1-2-17(8-10-5-3-4-6-15-10)12-11(13)7-14-9-16-12/h7,9-10,15H,2-6,8H2,1H3. The van der Waals surface area contributed by atoms with E-state index < -0.39 is 0 Å². The summed E-state index contributed by atoms with van der Waals surface area (Å²) in [4.78, 5) is 10.8. The van der Waals surface area contributed by atoms with E-state index in [1.807, 2.05) is 6.20 Å². The van der Waals surface area contributed by atoms with Gasteiger partial charge in [0.25, 0.3) is 0 Å². The minimum Gasteiger partial charge on any atom is -0.354 e. The van der Waals surface area contributed by atoms with E-state index in [4.69, 9.17) is 0 Å². The molecule has 2 heterocycles. The van der Waals surface area contributed by atoms with Crippen molar-refractivity contribution in [3.63, 3.8) is 0 Å². The number of aromatic nitrogens is 2. The molecule has 1 N–H and O–H groups in total. The number of hydrogen-bond acceptors (Lipinski definition) is 4. The molecule has 1 aromatic rings. The van der Waals surface area contributed by atoms with Crippen LogP contribution >= 0.6 is 22.6 Å². The van der Waals surface area contributed by atoms with Gasteiger partial charge in [-0.15, -0.1) is 0 Å². The normalized spacial score (nSPS) is 20.2. The van der Waals surface area contributed by atoms with Crippen molar-refractivity contribution in [2.75, 3.05) is 24.5 Å². The SMILES string of the molecule is CCN(CC1CCCCN1)c1ncncc1I. The predicted molar refractivity (Wildman–Crippen MR) is 78.3 cm³/mol. The van der Waals surface area contributed by atoms with Crippen LogP contribution in [0.5, 0.6) is 0 Å². The maximum absolute atomic E-state index is 4.39. The first-order valence-corrected chi connectivity index (χ1v) is 7.33. The Kier molecular flexibility index (Phi) is 4.97. The van der Waals surface area contributed by atoms with E-state index >= 15 is 0 Å². The number of nitrogens with one attached hydrogen (secondary N) is 1. The molecule has 0 spiro atoms. The topological polar surface area (TPSA) is 41.0 Å². The quantitative estimate of drug-likeness (QED) is 0.848. The summed E-state index contributed by atoms with van der Waals surface area (Å²) in [6.45, 7) is 5.37. The molecule has 1 fully saturated rings. The molecule has 1 aliphatic rings. The van der Waals surface area contributed by atoms with Gasteiger partial charge in [0.05, 0.1) is 3.57 Å². The van der Waals surface area contributed by atoms with Gasteiger partial charge in [0.15, 0.2) is 0 Å². The Morgan fingerprint density at radius 3 is 3.06 bits per heavy atom. The Hall–Kier alpha value is -0.430. The molecule has 4 nitrogen and oxygen atoms in total. The van der Waals surface area contributed by atoms with Gasteiger partial charge in [-0.05, 0) is 48.9 Å². The molecule has 1 atom stereocenters. The van der Waals surface area contributed by atoms with Gasteiger partial charge in [-0.3, -0.25) is 0 Å². The molecule has 1 aromatic heterocycles. The van der Waals surface area contributed by atoms with Gasteiger partial charge in [0, 0.05) is 25.3 Å². The summed E-state index contributed by atoms with van der Waals surface area (Å²) in [5.41, 5.74) is 0. The minimum absolute atomic E-state index is 0.606. The van der Waals surface area contributed by atoms with Gasteiger partial charge < -0.3 is 10.2 Å². The lowest BCUT2D eigenvalue weighted by molar-refractivity contribution is 0.399. The summed E-state index contributed by atoms with van der Waals surface area (Å²) in [6, 6.07) is 0.606. The first kappa shape index (κ1) is 13.0. The molecule has 0 amide bonds. The van der Waals surface area contributed by atoms with Gasteiger partial charge in [0.2, 0.25) is 0 Å². The number of anilines is 1. The molecule has 2 rings (SSSR count). The van der Waals surface area contributed by atoms with Crippen LogP contribution in [-0.4, -0.2) is 35.6 Å². The number of piperidine rings is 1. The highest BCUT2D eigenvalue weighted by molar-refractivity contribution is 14.1. The molecule has 94 valence electrons. The third-order valence-corrected chi connectivity index (χ3v) is 3.94. The number of nitrogens with zero attached hydrogens (tertiary/aromatic N) is 3. The van der Waals surface area contributed by atoms with Crippen LogP contribution in [0.2, 0.25) is 0 Å². The lowest BCUT2D eigenvalue weighted by Crippen LogP contribution is -2.44. The van der Waals surface area contributed by atoms with E-state index in [9.17, 15) is 0 Å².